The molecule has 1 unspecified atom stereocenters. The maximum Gasteiger partial charge on any atom is 0.307 e. The molecule has 24 heavy (non-hydrogen) atoms. The highest BCUT2D eigenvalue weighted by Gasteiger charge is 2.27. The zero-order valence-corrected chi connectivity index (χ0v) is 13.8. The number of rotatable bonds is 4. The van der Waals surface area contributed by atoms with Gasteiger partial charge in [-0.3, -0.25) is 19.3 Å². The molecule has 1 fully saturated rings. The zero-order chi connectivity index (χ0) is 17.3. The van der Waals surface area contributed by atoms with Gasteiger partial charge >= 0.3 is 5.97 Å². The highest BCUT2D eigenvalue weighted by atomic mass is 16.4. The molecule has 1 aromatic rings. The van der Waals surface area contributed by atoms with E-state index in [1.807, 2.05) is 17.0 Å². The molecule has 1 aromatic carbocycles. The fourth-order valence-corrected chi connectivity index (χ4v) is 3.57. The molecule has 1 atom stereocenters. The number of carboxylic acids is 1. The average Bonchev–Trinajstić information content (AvgIpc) is 2.98. The second-order valence-corrected chi connectivity index (χ2v) is 6.60. The highest BCUT2D eigenvalue weighted by Crippen LogP contribution is 2.29. The molecule has 0 aromatic heterocycles. The highest BCUT2D eigenvalue weighted by molar-refractivity contribution is 6.01. The van der Waals surface area contributed by atoms with Crippen LogP contribution in [0.15, 0.2) is 18.2 Å². The standard InChI is InChI=1S/C18H22N2O4/c1-12(21)20-8-6-13-4-5-14(9-16(13)20)17(22)11-19-7-2-3-15(10-19)18(23)24/h4-5,9,15H,2-3,6-8,10-11H2,1H3,(H,23,24). The lowest BCUT2D eigenvalue weighted by Gasteiger charge is -2.30. The van der Waals surface area contributed by atoms with Crippen LogP contribution in [0.25, 0.3) is 0 Å². The fourth-order valence-electron chi connectivity index (χ4n) is 3.57. The smallest absolute Gasteiger partial charge is 0.307 e. The van der Waals surface area contributed by atoms with Crippen molar-refractivity contribution in [3.8, 4) is 0 Å². The number of amides is 1. The summed E-state index contributed by atoms with van der Waals surface area (Å²) in [6.45, 7) is 3.59. The van der Waals surface area contributed by atoms with Crippen LogP contribution in [0.5, 0.6) is 0 Å². The minimum atomic E-state index is -0.790. The van der Waals surface area contributed by atoms with Crippen molar-refractivity contribution in [1.29, 1.82) is 0 Å². The van der Waals surface area contributed by atoms with Gasteiger partial charge < -0.3 is 10.0 Å². The molecule has 2 aliphatic rings. The summed E-state index contributed by atoms with van der Waals surface area (Å²) < 4.78 is 0. The number of aliphatic carboxylic acids is 1. The van der Waals surface area contributed by atoms with E-state index in [2.05, 4.69) is 0 Å². The van der Waals surface area contributed by atoms with Crippen molar-refractivity contribution in [2.24, 2.45) is 5.92 Å². The molecule has 6 heteroatoms. The minimum Gasteiger partial charge on any atom is -0.481 e. The van der Waals surface area contributed by atoms with Gasteiger partial charge in [0.2, 0.25) is 5.91 Å². The fraction of sp³-hybridized carbons (Fsp3) is 0.500. The molecule has 2 aliphatic heterocycles. The lowest BCUT2D eigenvalue weighted by molar-refractivity contribution is -0.143. The largest absolute Gasteiger partial charge is 0.481 e. The number of anilines is 1. The van der Waals surface area contributed by atoms with Crippen molar-refractivity contribution < 1.29 is 19.5 Å². The summed E-state index contributed by atoms with van der Waals surface area (Å²) in [5.74, 6) is -1.22. The summed E-state index contributed by atoms with van der Waals surface area (Å²) in [5.41, 5.74) is 2.50. The van der Waals surface area contributed by atoms with Crippen LogP contribution in [-0.2, 0) is 16.0 Å². The lowest BCUT2D eigenvalue weighted by atomic mass is 9.97. The third-order valence-electron chi connectivity index (χ3n) is 4.90. The van der Waals surface area contributed by atoms with E-state index in [-0.39, 0.29) is 24.2 Å². The van der Waals surface area contributed by atoms with Gasteiger partial charge in [-0.2, -0.15) is 0 Å². The molecular weight excluding hydrogens is 308 g/mol. The maximum absolute atomic E-state index is 12.6. The predicted molar refractivity (Wildman–Crippen MR) is 89.3 cm³/mol. The molecule has 1 amide bonds. The SMILES string of the molecule is CC(=O)N1CCc2ccc(C(=O)CN3CCCC(C(=O)O)C3)cc21. The topological polar surface area (TPSA) is 77.9 Å². The number of carbonyl (C=O) groups is 3. The van der Waals surface area contributed by atoms with Crippen LogP contribution in [-0.4, -0.2) is 53.8 Å². The molecule has 6 nitrogen and oxygen atoms in total. The molecule has 3 rings (SSSR count). The third-order valence-corrected chi connectivity index (χ3v) is 4.90. The number of nitrogens with zero attached hydrogens (tertiary/aromatic N) is 2. The Kier molecular flexibility index (Phi) is 4.66. The molecule has 0 aliphatic carbocycles. The van der Waals surface area contributed by atoms with E-state index >= 15 is 0 Å². The van der Waals surface area contributed by atoms with Crippen molar-refractivity contribution >= 4 is 23.3 Å². The quantitative estimate of drug-likeness (QED) is 0.848. The van der Waals surface area contributed by atoms with Gasteiger partial charge in [-0.25, -0.2) is 0 Å². The van der Waals surface area contributed by atoms with E-state index in [1.54, 1.807) is 11.0 Å². The van der Waals surface area contributed by atoms with Gasteiger partial charge in [-0.05, 0) is 37.4 Å². The first-order chi connectivity index (χ1) is 11.5. The number of ketones is 1. The first-order valence-electron chi connectivity index (χ1n) is 8.35. The number of piperidine rings is 1. The summed E-state index contributed by atoms with van der Waals surface area (Å²) in [6, 6.07) is 5.52. The monoisotopic (exact) mass is 330 g/mol. The van der Waals surface area contributed by atoms with Gasteiger partial charge in [0.05, 0.1) is 12.5 Å². The Balaban J connectivity index is 1.71. The van der Waals surface area contributed by atoms with Crippen LogP contribution in [0.1, 0.15) is 35.7 Å². The van der Waals surface area contributed by atoms with Gasteiger partial charge in [0.15, 0.2) is 5.78 Å². The van der Waals surface area contributed by atoms with Crippen LogP contribution in [0.2, 0.25) is 0 Å². The summed E-state index contributed by atoms with van der Waals surface area (Å²) in [6.07, 6.45) is 2.29. The Hall–Kier alpha value is -2.21. The van der Waals surface area contributed by atoms with Crippen molar-refractivity contribution in [2.75, 3.05) is 31.1 Å². The third kappa shape index (κ3) is 3.33. The lowest BCUT2D eigenvalue weighted by Crippen LogP contribution is -2.41. The van der Waals surface area contributed by atoms with E-state index in [0.29, 0.717) is 25.1 Å². The molecule has 0 bridgehead atoms. The van der Waals surface area contributed by atoms with Crippen LogP contribution in [0.4, 0.5) is 5.69 Å². The normalized spacial score (nSPS) is 20.7. The van der Waals surface area contributed by atoms with E-state index < -0.39 is 5.97 Å². The van der Waals surface area contributed by atoms with Gasteiger partial charge in [0, 0.05) is 31.3 Å². The summed E-state index contributed by atoms with van der Waals surface area (Å²) >= 11 is 0. The van der Waals surface area contributed by atoms with E-state index in [4.69, 9.17) is 5.11 Å². The average molecular weight is 330 g/mol. The molecule has 0 saturated carbocycles. The number of likely N-dealkylation sites (tertiary alicyclic amines) is 1. The van der Waals surface area contributed by atoms with Crippen molar-refractivity contribution in [2.45, 2.75) is 26.2 Å². The first kappa shape index (κ1) is 16.6. The van der Waals surface area contributed by atoms with E-state index in [0.717, 1.165) is 30.6 Å². The van der Waals surface area contributed by atoms with E-state index in [1.165, 1.54) is 6.92 Å². The molecule has 2 heterocycles. The Bertz CT molecular complexity index is 686. The minimum absolute atomic E-state index is 0.0151. The second-order valence-electron chi connectivity index (χ2n) is 6.60. The van der Waals surface area contributed by atoms with Gasteiger partial charge in [0.1, 0.15) is 0 Å². The molecule has 0 spiro atoms. The van der Waals surface area contributed by atoms with Crippen LogP contribution in [0.3, 0.4) is 0 Å². The number of hydrogen-bond donors (Lipinski definition) is 1. The van der Waals surface area contributed by atoms with Crippen LogP contribution >= 0.6 is 0 Å². The van der Waals surface area contributed by atoms with Gasteiger partial charge in [0.25, 0.3) is 0 Å². The van der Waals surface area contributed by atoms with E-state index in [9.17, 15) is 14.4 Å². The second kappa shape index (κ2) is 6.73. The van der Waals surface area contributed by atoms with Gasteiger partial charge in [-0.1, -0.05) is 12.1 Å². The molecule has 0 radical (unpaired) electrons. The van der Waals surface area contributed by atoms with Crippen molar-refractivity contribution in [3.05, 3.63) is 29.3 Å². The number of hydrogen-bond acceptors (Lipinski definition) is 4. The summed E-state index contributed by atoms with van der Waals surface area (Å²) in [7, 11) is 0. The molecular formula is C18H22N2O4. The van der Waals surface area contributed by atoms with Crippen LogP contribution < -0.4 is 4.90 Å². The van der Waals surface area contributed by atoms with Gasteiger partial charge in [-0.15, -0.1) is 0 Å². The summed E-state index contributed by atoms with van der Waals surface area (Å²) in [4.78, 5) is 39.0. The Morgan fingerprint density at radius 3 is 2.75 bits per heavy atom. The molecule has 1 saturated heterocycles. The number of carboxylic acid groups (broad SMARTS) is 1. The zero-order valence-electron chi connectivity index (χ0n) is 13.8. The number of benzene rings is 1. The summed E-state index contributed by atoms with van der Waals surface area (Å²) in [5, 5.41) is 9.15. The number of carbonyl (C=O) groups excluding carboxylic acids is 2. The Morgan fingerprint density at radius 2 is 2.04 bits per heavy atom. The van der Waals surface area contributed by atoms with Crippen molar-refractivity contribution in [1.82, 2.24) is 4.90 Å². The molecule has 128 valence electrons. The predicted octanol–water partition coefficient (Wildman–Crippen LogP) is 1.57. The molecule has 1 N–H and O–H groups in total. The maximum atomic E-state index is 12.6. The first-order valence-corrected chi connectivity index (χ1v) is 8.35. The number of fused-ring (bicyclic) bond motifs is 1. The Morgan fingerprint density at radius 1 is 1.25 bits per heavy atom. The number of Topliss-reactive ketones (excluding diaryl/α,β-unsaturated/α-hetero) is 1. The Labute approximate surface area is 141 Å². The van der Waals surface area contributed by atoms with Crippen LogP contribution in [0, 0.1) is 5.92 Å². The van der Waals surface area contributed by atoms with Crippen molar-refractivity contribution in [3.63, 3.8) is 0 Å².